The van der Waals surface area contributed by atoms with Gasteiger partial charge in [0, 0.05) is 6.07 Å². The molecule has 9 heteroatoms. The van der Waals surface area contributed by atoms with Crippen LogP contribution in [0.15, 0.2) is 48.5 Å². The smallest absolute Gasteiger partial charge is 0.157 e. The average Bonchev–Trinajstić information content (AvgIpc) is 2.31. The molecule has 2 aromatic rings. The second kappa shape index (κ2) is 9.49. The Labute approximate surface area is 131 Å². The van der Waals surface area contributed by atoms with Crippen LogP contribution in [-0.2, 0) is 24.1 Å². The summed E-state index contributed by atoms with van der Waals surface area (Å²) in [6.45, 7) is 0. The number of phenolic OH excluding ortho intramolecular Hbond substituents is 4. The maximum Gasteiger partial charge on any atom is 0.157 e. The van der Waals surface area contributed by atoms with Crippen molar-refractivity contribution < 1.29 is 30.2 Å². The highest BCUT2D eigenvalue weighted by Gasteiger charge is 1.90. The fraction of sp³-hybridized carbons (Fsp3) is 0. The van der Waals surface area contributed by atoms with Crippen molar-refractivity contribution in [2.45, 2.75) is 0 Å². The van der Waals surface area contributed by atoms with Crippen LogP contribution in [0.4, 0.5) is 0 Å². The van der Waals surface area contributed by atoms with E-state index in [1.165, 1.54) is 30.3 Å². The van der Waals surface area contributed by atoms with E-state index in [-0.39, 0.29) is 23.0 Å². The molecule has 2 aromatic carbocycles. The summed E-state index contributed by atoms with van der Waals surface area (Å²) >= 11 is 7.28. The van der Waals surface area contributed by atoms with E-state index in [2.05, 4.69) is 24.1 Å². The van der Waals surface area contributed by atoms with Gasteiger partial charge in [0.2, 0.25) is 0 Å². The van der Waals surface area contributed by atoms with Crippen LogP contribution in [0.2, 0.25) is 0 Å². The minimum absolute atomic E-state index is 0.0764. The predicted molar refractivity (Wildman–Crippen MR) is 81.2 cm³/mol. The van der Waals surface area contributed by atoms with Gasteiger partial charge in [0.15, 0.2) is 11.5 Å². The van der Waals surface area contributed by atoms with Crippen LogP contribution in [0.3, 0.4) is 0 Å². The third-order valence-electron chi connectivity index (χ3n) is 1.71. The predicted octanol–water partition coefficient (Wildman–Crippen LogP) is 0.674. The quantitative estimate of drug-likeness (QED) is 0.311. The molecule has 0 bridgehead atoms. The van der Waals surface area contributed by atoms with Crippen molar-refractivity contribution in [1.82, 2.24) is 0 Å². The van der Waals surface area contributed by atoms with Crippen molar-refractivity contribution in [2.24, 2.45) is 0 Å². The van der Waals surface area contributed by atoms with Crippen LogP contribution in [0.1, 0.15) is 0 Å². The van der Waals surface area contributed by atoms with Crippen molar-refractivity contribution >= 4 is 29.7 Å². The Morgan fingerprint density at radius 2 is 1.14 bits per heavy atom. The van der Waals surface area contributed by atoms with Gasteiger partial charge in [-0.1, -0.05) is 18.2 Å². The van der Waals surface area contributed by atoms with E-state index in [0.29, 0.717) is 0 Å². The first-order valence-electron chi connectivity index (χ1n) is 5.27. The van der Waals surface area contributed by atoms with Gasteiger partial charge in [-0.15, -0.1) is 0 Å². The van der Waals surface area contributed by atoms with Gasteiger partial charge in [-0.2, -0.15) is 11.8 Å². The highest BCUT2D eigenvalue weighted by atomic mass is 32.9. The number of benzene rings is 2. The average molecular weight is 347 g/mol. The zero-order chi connectivity index (χ0) is 16.5. The molecule has 0 fully saturated rings. The fourth-order valence-electron chi connectivity index (χ4n) is 0.957. The van der Waals surface area contributed by atoms with Gasteiger partial charge in [-0.05, 0) is 24.3 Å². The maximum absolute atomic E-state index is 9.29. The summed E-state index contributed by atoms with van der Waals surface area (Å²) < 4.78 is 0. The van der Waals surface area contributed by atoms with Crippen LogP contribution in [0, 0.1) is 0 Å². The molecule has 21 heavy (non-hydrogen) atoms. The van der Waals surface area contributed by atoms with E-state index in [1.54, 1.807) is 18.2 Å². The number of rotatable bonds is 0. The molecule has 116 valence electrons. The molecule has 4 N–H and O–H groups in total. The minimum Gasteiger partial charge on any atom is -0.850 e. The first kappa shape index (κ1) is 19.6. The largest absolute Gasteiger partial charge is 0.850 e. The summed E-state index contributed by atoms with van der Waals surface area (Å²) in [5.74, 6) is 0.0231. The van der Waals surface area contributed by atoms with Crippen LogP contribution in [0.25, 0.3) is 0 Å². The van der Waals surface area contributed by atoms with Crippen LogP contribution in [0.5, 0.6) is 23.0 Å². The third kappa shape index (κ3) is 13.3. The molecule has 0 atom stereocenters. The lowest BCUT2D eigenvalue weighted by atomic mass is 10.3. The summed E-state index contributed by atoms with van der Waals surface area (Å²) in [6, 6.07) is 12.0. The number of hydrogen-bond acceptors (Lipinski definition) is 8. The minimum atomic E-state index is -3.72. The van der Waals surface area contributed by atoms with Crippen molar-refractivity contribution in [2.75, 3.05) is 0 Å². The second-order valence-corrected chi connectivity index (χ2v) is 7.93. The third-order valence-corrected chi connectivity index (χ3v) is 1.71. The van der Waals surface area contributed by atoms with E-state index >= 15 is 0 Å². The van der Waals surface area contributed by atoms with E-state index in [1.807, 2.05) is 0 Å². The molecule has 0 heterocycles. The first-order chi connectivity index (χ1) is 9.59. The number of phenols is 4. The zero-order valence-corrected chi connectivity index (χ0v) is 13.0. The molecule has 6 nitrogen and oxygen atoms in total. The maximum atomic E-state index is 9.29. The highest BCUT2D eigenvalue weighted by molar-refractivity contribution is 8.49. The Morgan fingerprint density at radius 1 is 0.810 bits per heavy atom. The normalized spacial score (nSPS) is 9.67. The van der Waals surface area contributed by atoms with E-state index < -0.39 is 5.69 Å². The number of aromatic hydroxyl groups is 4. The van der Waals surface area contributed by atoms with Gasteiger partial charge in [0.25, 0.3) is 0 Å². The highest BCUT2D eigenvalue weighted by Crippen LogP contribution is 2.21. The molecule has 0 saturated heterocycles. The second-order valence-electron chi connectivity index (χ2n) is 3.46. The van der Waals surface area contributed by atoms with Gasteiger partial charge in [0.1, 0.15) is 11.5 Å². The summed E-state index contributed by atoms with van der Waals surface area (Å²) in [5.41, 5.74) is -3.72. The van der Waals surface area contributed by atoms with Gasteiger partial charge < -0.3 is 48.2 Å². The molecule has 0 aliphatic heterocycles. The van der Waals surface area contributed by atoms with Crippen LogP contribution in [-0.4, -0.2) is 20.4 Å². The molecule has 0 saturated carbocycles. The van der Waals surface area contributed by atoms with Crippen molar-refractivity contribution in [3.8, 4) is 23.0 Å². The summed E-state index contributed by atoms with van der Waals surface area (Å²) in [7, 11) is 0. The van der Waals surface area contributed by atoms with Gasteiger partial charge in [0.05, 0.1) is 0 Å². The lowest BCUT2D eigenvalue weighted by Crippen LogP contribution is -2.08. The van der Waals surface area contributed by atoms with Crippen LogP contribution < -0.4 is 9.79 Å². The Balaban J connectivity index is 0.000000296. The standard InChI is InChI=1S/2C6H6O2.H3O2PS2/c7-5-2-1-3-6(8)4-5;7-5-3-1-2-4-6(5)8;1-3(2,4)5/h2*1-4,7-8H;(H3,1,2,4,5)/p-3. The summed E-state index contributed by atoms with van der Waals surface area (Å²) in [6.07, 6.45) is 0. The monoisotopic (exact) mass is 347 g/mol. The first-order valence-corrected chi connectivity index (χ1v) is 8.92. The van der Waals surface area contributed by atoms with Gasteiger partial charge in [-0.25, -0.2) is 0 Å². The van der Waals surface area contributed by atoms with E-state index in [9.17, 15) is 9.79 Å². The molecule has 0 radical (unpaired) electrons. The molecule has 0 spiro atoms. The SMILES string of the molecule is Oc1cccc(O)c1.Oc1ccccc1O.[O-]P([O-])(=S)[S-]. The van der Waals surface area contributed by atoms with Crippen molar-refractivity contribution in [3.05, 3.63) is 48.5 Å². The Hall–Kier alpha value is -1.44. The Kier molecular flexibility index (Phi) is 8.84. The Bertz CT molecular complexity index is 555. The molecule has 0 amide bonds. The lowest BCUT2D eigenvalue weighted by molar-refractivity contribution is -0.284. The van der Waals surface area contributed by atoms with Crippen molar-refractivity contribution in [1.29, 1.82) is 0 Å². The Morgan fingerprint density at radius 3 is 1.33 bits per heavy atom. The molecule has 0 aliphatic rings. The lowest BCUT2D eigenvalue weighted by Gasteiger charge is -2.44. The fourth-order valence-corrected chi connectivity index (χ4v) is 0.957. The summed E-state index contributed by atoms with van der Waals surface area (Å²) in [4.78, 5) is 18.6. The van der Waals surface area contributed by atoms with E-state index in [0.717, 1.165) is 0 Å². The number of hydrogen-bond donors (Lipinski definition) is 4. The topological polar surface area (TPSA) is 127 Å². The summed E-state index contributed by atoms with van der Waals surface area (Å²) in [5, 5.41) is 34.6. The zero-order valence-electron chi connectivity index (χ0n) is 10.5. The molecular weight excluding hydrogens is 335 g/mol. The molecule has 0 aromatic heterocycles. The number of para-hydroxylation sites is 2. The molecule has 0 aliphatic carbocycles. The molecular formula is C12H12O6PS2-3. The molecule has 0 unspecified atom stereocenters. The molecule has 2 rings (SSSR count). The van der Waals surface area contributed by atoms with Gasteiger partial charge in [-0.3, -0.25) is 0 Å². The van der Waals surface area contributed by atoms with E-state index in [4.69, 9.17) is 20.4 Å². The van der Waals surface area contributed by atoms with Crippen LogP contribution >= 0.6 is 5.69 Å². The van der Waals surface area contributed by atoms with Crippen molar-refractivity contribution in [3.63, 3.8) is 0 Å². The van der Waals surface area contributed by atoms with Gasteiger partial charge >= 0.3 is 0 Å².